The Bertz CT molecular complexity index is 1260. The minimum absolute atomic E-state index is 0.0797. The zero-order chi connectivity index (χ0) is 19.3. The SMILES string of the molecule is O=c1[nH]c2c(=O)c(C3(O)CO3)cn(Cc3ccccc3C3=CCCC=C3)c2s1. The fourth-order valence-corrected chi connectivity index (χ4v) is 4.45. The van der Waals surface area contributed by atoms with Crippen molar-refractivity contribution < 1.29 is 9.84 Å². The van der Waals surface area contributed by atoms with Gasteiger partial charge in [0.05, 0.1) is 5.56 Å². The molecule has 0 spiro atoms. The van der Waals surface area contributed by atoms with Crippen molar-refractivity contribution in [3.05, 3.63) is 85.3 Å². The van der Waals surface area contributed by atoms with Crippen LogP contribution >= 0.6 is 11.3 Å². The number of nitrogens with zero attached hydrogens (tertiary/aromatic N) is 1. The summed E-state index contributed by atoms with van der Waals surface area (Å²) in [5.41, 5.74) is 3.34. The molecule has 1 aromatic carbocycles. The van der Waals surface area contributed by atoms with Crippen LogP contribution < -0.4 is 10.3 Å². The third-order valence-corrected chi connectivity index (χ3v) is 6.07. The van der Waals surface area contributed by atoms with Gasteiger partial charge in [0, 0.05) is 12.7 Å². The summed E-state index contributed by atoms with van der Waals surface area (Å²) in [6, 6.07) is 8.10. The molecule has 2 aromatic heterocycles. The molecule has 6 nitrogen and oxygen atoms in total. The Hall–Kier alpha value is -2.74. The summed E-state index contributed by atoms with van der Waals surface area (Å²) in [6.45, 7) is 0.547. The molecule has 3 aromatic rings. The second kappa shape index (κ2) is 6.41. The molecule has 0 saturated carbocycles. The van der Waals surface area contributed by atoms with Crippen LogP contribution in [0.1, 0.15) is 29.5 Å². The van der Waals surface area contributed by atoms with Crippen LogP contribution in [0.2, 0.25) is 0 Å². The number of allylic oxidation sites excluding steroid dienone is 4. The third kappa shape index (κ3) is 2.88. The number of aromatic amines is 1. The van der Waals surface area contributed by atoms with Crippen molar-refractivity contribution in [1.29, 1.82) is 0 Å². The number of ether oxygens (including phenoxy) is 1. The van der Waals surface area contributed by atoms with Gasteiger partial charge in [-0.25, -0.2) is 0 Å². The minimum Gasteiger partial charge on any atom is -0.360 e. The predicted octanol–water partition coefficient (Wildman–Crippen LogP) is 2.71. The van der Waals surface area contributed by atoms with Gasteiger partial charge in [0.1, 0.15) is 17.0 Å². The third-order valence-electron chi connectivity index (χ3n) is 5.15. The maximum Gasteiger partial charge on any atom is 0.307 e. The second-order valence-electron chi connectivity index (χ2n) is 7.06. The molecule has 2 aliphatic rings. The van der Waals surface area contributed by atoms with Gasteiger partial charge in [0.15, 0.2) is 0 Å². The zero-order valence-corrected chi connectivity index (χ0v) is 15.8. The first kappa shape index (κ1) is 17.4. The van der Waals surface area contributed by atoms with Gasteiger partial charge in [-0.3, -0.25) is 9.59 Å². The molecule has 1 aliphatic heterocycles. The standard InChI is InChI=1S/C21H18N2O4S/c24-18-16(21(26)12-27-21)11-23(19-17(18)22-20(25)28-19)10-14-8-4-5-9-15(14)13-6-2-1-3-7-13/h2,4-9,11,26H,1,3,10,12H2,(H,22,25). The van der Waals surface area contributed by atoms with E-state index in [9.17, 15) is 14.7 Å². The van der Waals surface area contributed by atoms with Crippen molar-refractivity contribution in [3.8, 4) is 0 Å². The first-order valence-electron chi connectivity index (χ1n) is 9.13. The van der Waals surface area contributed by atoms with E-state index in [-0.39, 0.29) is 22.6 Å². The highest BCUT2D eigenvalue weighted by Crippen LogP contribution is 2.34. The van der Waals surface area contributed by atoms with E-state index in [1.807, 2.05) is 22.8 Å². The fraction of sp³-hybridized carbons (Fsp3) is 0.238. The monoisotopic (exact) mass is 394 g/mol. The maximum atomic E-state index is 12.7. The number of thiazole rings is 1. The molecule has 1 fully saturated rings. The number of H-pyrrole nitrogens is 1. The Morgan fingerprint density at radius 2 is 2.07 bits per heavy atom. The van der Waals surface area contributed by atoms with E-state index in [0.717, 1.165) is 35.3 Å². The number of aromatic nitrogens is 2. The topological polar surface area (TPSA) is 87.6 Å². The Morgan fingerprint density at radius 3 is 2.82 bits per heavy atom. The number of pyridine rings is 1. The molecular weight excluding hydrogens is 376 g/mol. The Balaban J connectivity index is 1.67. The van der Waals surface area contributed by atoms with Gasteiger partial charge in [-0.1, -0.05) is 53.8 Å². The molecule has 5 rings (SSSR count). The molecule has 1 aliphatic carbocycles. The average Bonchev–Trinajstić information content (AvgIpc) is 3.32. The Kier molecular flexibility index (Phi) is 3.97. The predicted molar refractivity (Wildman–Crippen MR) is 108 cm³/mol. The number of rotatable bonds is 4. The van der Waals surface area contributed by atoms with Crippen molar-refractivity contribution in [2.45, 2.75) is 25.2 Å². The van der Waals surface area contributed by atoms with E-state index in [0.29, 0.717) is 11.4 Å². The van der Waals surface area contributed by atoms with Crippen LogP contribution in [-0.2, 0) is 17.1 Å². The molecule has 1 unspecified atom stereocenters. The molecule has 3 heterocycles. The lowest BCUT2D eigenvalue weighted by Gasteiger charge is -2.16. The number of hydrogen-bond donors (Lipinski definition) is 2. The average molecular weight is 394 g/mol. The summed E-state index contributed by atoms with van der Waals surface area (Å²) in [4.78, 5) is 27.5. The van der Waals surface area contributed by atoms with E-state index in [1.165, 1.54) is 5.57 Å². The first-order chi connectivity index (χ1) is 13.5. The molecule has 0 radical (unpaired) electrons. The van der Waals surface area contributed by atoms with Gasteiger partial charge in [-0.05, 0) is 29.5 Å². The lowest BCUT2D eigenvalue weighted by Crippen LogP contribution is -2.23. The molecule has 0 amide bonds. The highest BCUT2D eigenvalue weighted by molar-refractivity contribution is 7.16. The van der Waals surface area contributed by atoms with Crippen LogP contribution in [0, 0.1) is 0 Å². The summed E-state index contributed by atoms with van der Waals surface area (Å²) in [5, 5.41) is 10.4. The van der Waals surface area contributed by atoms with E-state index in [4.69, 9.17) is 4.74 Å². The van der Waals surface area contributed by atoms with Gasteiger partial charge in [0.25, 0.3) is 0 Å². The molecule has 2 N–H and O–H groups in total. The number of hydrogen-bond acceptors (Lipinski definition) is 5. The summed E-state index contributed by atoms with van der Waals surface area (Å²) in [5.74, 6) is -1.56. The van der Waals surface area contributed by atoms with E-state index < -0.39 is 11.2 Å². The van der Waals surface area contributed by atoms with Gasteiger partial charge >= 0.3 is 4.87 Å². The number of benzene rings is 1. The number of fused-ring (bicyclic) bond motifs is 1. The van der Waals surface area contributed by atoms with Crippen molar-refractivity contribution in [1.82, 2.24) is 9.55 Å². The van der Waals surface area contributed by atoms with Crippen molar-refractivity contribution in [3.63, 3.8) is 0 Å². The van der Waals surface area contributed by atoms with Crippen LogP contribution in [-0.4, -0.2) is 21.3 Å². The van der Waals surface area contributed by atoms with Crippen molar-refractivity contribution >= 4 is 27.3 Å². The van der Waals surface area contributed by atoms with Crippen molar-refractivity contribution in [2.24, 2.45) is 0 Å². The highest BCUT2D eigenvalue weighted by atomic mass is 32.1. The lowest BCUT2D eigenvalue weighted by molar-refractivity contribution is 0.0321. The van der Waals surface area contributed by atoms with Gasteiger partial charge < -0.3 is 19.4 Å². The van der Waals surface area contributed by atoms with Gasteiger partial charge in [-0.2, -0.15) is 0 Å². The molecule has 1 atom stereocenters. The van der Waals surface area contributed by atoms with E-state index in [1.54, 1.807) is 6.20 Å². The normalized spacial score (nSPS) is 21.1. The van der Waals surface area contributed by atoms with Crippen LogP contribution in [0.5, 0.6) is 0 Å². The van der Waals surface area contributed by atoms with Crippen LogP contribution in [0.15, 0.2) is 58.3 Å². The van der Waals surface area contributed by atoms with Crippen LogP contribution in [0.25, 0.3) is 15.9 Å². The molecule has 28 heavy (non-hydrogen) atoms. The molecule has 0 bridgehead atoms. The van der Waals surface area contributed by atoms with Crippen LogP contribution in [0.4, 0.5) is 0 Å². The van der Waals surface area contributed by atoms with E-state index >= 15 is 0 Å². The Morgan fingerprint density at radius 1 is 1.25 bits per heavy atom. The zero-order valence-electron chi connectivity index (χ0n) is 15.0. The molecule has 1 saturated heterocycles. The first-order valence-corrected chi connectivity index (χ1v) is 9.95. The highest BCUT2D eigenvalue weighted by Gasteiger charge is 2.47. The summed E-state index contributed by atoms with van der Waals surface area (Å²) in [7, 11) is 0. The molecular formula is C21H18N2O4S. The number of nitrogens with one attached hydrogen (secondary N) is 1. The van der Waals surface area contributed by atoms with Gasteiger partial charge in [0.2, 0.25) is 11.2 Å². The maximum absolute atomic E-state index is 12.7. The quantitative estimate of drug-likeness (QED) is 0.666. The Labute approximate surface area is 164 Å². The summed E-state index contributed by atoms with van der Waals surface area (Å²) < 4.78 is 6.93. The fourth-order valence-electron chi connectivity index (χ4n) is 3.64. The summed E-state index contributed by atoms with van der Waals surface area (Å²) >= 11 is 0.994. The molecule has 142 valence electrons. The lowest BCUT2D eigenvalue weighted by atomic mass is 9.95. The minimum atomic E-state index is -1.56. The number of epoxide rings is 1. The summed E-state index contributed by atoms with van der Waals surface area (Å²) in [6.07, 6.45) is 10.2. The van der Waals surface area contributed by atoms with E-state index in [2.05, 4.69) is 29.3 Å². The molecule has 7 heteroatoms. The van der Waals surface area contributed by atoms with Crippen LogP contribution in [0.3, 0.4) is 0 Å². The van der Waals surface area contributed by atoms with Crippen molar-refractivity contribution in [2.75, 3.05) is 6.61 Å². The second-order valence-corrected chi connectivity index (χ2v) is 8.03. The largest absolute Gasteiger partial charge is 0.360 e. The van der Waals surface area contributed by atoms with Gasteiger partial charge in [-0.15, -0.1) is 0 Å². The number of aliphatic hydroxyl groups is 1. The smallest absolute Gasteiger partial charge is 0.307 e.